The van der Waals surface area contributed by atoms with Crippen LogP contribution < -0.4 is 16.5 Å². The highest BCUT2D eigenvalue weighted by molar-refractivity contribution is 6.50. The molecule has 0 N–H and O–H groups in total. The van der Waals surface area contributed by atoms with Crippen molar-refractivity contribution in [1.82, 2.24) is 4.98 Å². The normalized spacial score (nSPS) is 11.3. The largest absolute Gasteiger partial charge is 0.270 e. The molecule has 0 aliphatic heterocycles. The third-order valence-corrected chi connectivity index (χ3v) is 2.50. The molecule has 0 aliphatic carbocycles. The van der Waals surface area contributed by atoms with Gasteiger partial charge >= 0.3 is 0 Å². The van der Waals surface area contributed by atoms with E-state index in [0.717, 1.165) is 11.3 Å². The van der Waals surface area contributed by atoms with Crippen LogP contribution in [0.3, 0.4) is 0 Å². The average molecular weight is 193 g/mol. The van der Waals surface area contributed by atoms with E-state index in [2.05, 4.69) is 4.98 Å². The maximum Gasteiger partial charge on any atom is 0.140 e. The summed E-state index contributed by atoms with van der Waals surface area (Å²) in [6.07, 6.45) is 0. The van der Waals surface area contributed by atoms with Crippen LogP contribution in [-0.2, 0) is 0 Å². The zero-order chi connectivity index (χ0) is 11.7. The van der Waals surface area contributed by atoms with Gasteiger partial charge in [0.2, 0.25) is 0 Å². The SMILES string of the molecule is [B]c1nc(C(C)C)c([B])c(C(C)C)c1[B]. The minimum absolute atomic E-state index is 0.255. The summed E-state index contributed by atoms with van der Waals surface area (Å²) in [6.45, 7) is 8.17. The Morgan fingerprint density at radius 2 is 1.40 bits per heavy atom. The molecule has 0 atom stereocenters. The first kappa shape index (κ1) is 12.4. The molecule has 0 saturated heterocycles. The van der Waals surface area contributed by atoms with Crippen molar-refractivity contribution in [2.24, 2.45) is 0 Å². The Kier molecular flexibility index (Phi) is 3.69. The third kappa shape index (κ3) is 2.30. The molecule has 4 heteroatoms. The lowest BCUT2D eigenvalue weighted by Crippen LogP contribution is -2.41. The van der Waals surface area contributed by atoms with Gasteiger partial charge in [0.15, 0.2) is 0 Å². The Labute approximate surface area is 96.3 Å². The van der Waals surface area contributed by atoms with Crippen molar-refractivity contribution in [2.45, 2.75) is 39.5 Å². The van der Waals surface area contributed by atoms with E-state index in [1.165, 1.54) is 0 Å². The van der Waals surface area contributed by atoms with Crippen molar-refractivity contribution in [3.05, 3.63) is 11.3 Å². The molecule has 1 heterocycles. The van der Waals surface area contributed by atoms with Crippen LogP contribution in [0.5, 0.6) is 0 Å². The monoisotopic (exact) mass is 193 g/mol. The van der Waals surface area contributed by atoms with Gasteiger partial charge in [-0.1, -0.05) is 44.2 Å². The fourth-order valence-corrected chi connectivity index (χ4v) is 1.73. The van der Waals surface area contributed by atoms with E-state index in [0.29, 0.717) is 16.5 Å². The number of rotatable bonds is 2. The average Bonchev–Trinajstić information content (AvgIpc) is 2.10. The van der Waals surface area contributed by atoms with Crippen molar-refractivity contribution < 1.29 is 0 Å². The number of aromatic nitrogens is 1. The predicted molar refractivity (Wildman–Crippen MR) is 68.6 cm³/mol. The van der Waals surface area contributed by atoms with E-state index in [9.17, 15) is 0 Å². The zero-order valence-electron chi connectivity index (χ0n) is 9.83. The van der Waals surface area contributed by atoms with Crippen molar-refractivity contribution in [3.8, 4) is 0 Å². The van der Waals surface area contributed by atoms with Crippen molar-refractivity contribution >= 4 is 40.1 Å². The minimum Gasteiger partial charge on any atom is -0.270 e. The molecule has 1 rings (SSSR count). The number of pyridine rings is 1. The molecule has 0 spiro atoms. The molecule has 15 heavy (non-hydrogen) atoms. The molecule has 0 fully saturated rings. The van der Waals surface area contributed by atoms with Crippen LogP contribution in [0, 0.1) is 0 Å². The molecule has 0 aliphatic rings. The van der Waals surface area contributed by atoms with E-state index >= 15 is 0 Å². The van der Waals surface area contributed by atoms with Crippen LogP contribution >= 0.6 is 0 Å². The molecule has 0 saturated carbocycles. The van der Waals surface area contributed by atoms with Crippen LogP contribution in [0.25, 0.3) is 0 Å². The van der Waals surface area contributed by atoms with Gasteiger partial charge in [0.05, 0.1) is 0 Å². The molecule has 0 aromatic carbocycles. The first-order valence-corrected chi connectivity index (χ1v) is 5.20. The molecule has 0 amide bonds. The van der Waals surface area contributed by atoms with Crippen molar-refractivity contribution in [3.63, 3.8) is 0 Å². The number of hydrogen-bond donors (Lipinski definition) is 0. The van der Waals surface area contributed by atoms with Gasteiger partial charge in [0.1, 0.15) is 23.5 Å². The molecule has 1 aromatic rings. The van der Waals surface area contributed by atoms with E-state index in [-0.39, 0.29) is 11.8 Å². The molecular formula is C11H14B3N. The summed E-state index contributed by atoms with van der Waals surface area (Å²) in [5.41, 5.74) is 3.35. The van der Waals surface area contributed by atoms with Gasteiger partial charge in [-0.25, -0.2) is 0 Å². The minimum atomic E-state index is 0.255. The van der Waals surface area contributed by atoms with E-state index in [1.54, 1.807) is 0 Å². The molecule has 0 bridgehead atoms. The Morgan fingerprint density at radius 3 is 1.80 bits per heavy atom. The first-order valence-electron chi connectivity index (χ1n) is 5.20. The summed E-state index contributed by atoms with van der Waals surface area (Å²) < 4.78 is 0. The molecular weight excluding hydrogens is 179 g/mol. The lowest BCUT2D eigenvalue weighted by Gasteiger charge is -2.21. The Morgan fingerprint density at radius 1 is 0.867 bits per heavy atom. The van der Waals surface area contributed by atoms with Crippen LogP contribution in [-0.4, -0.2) is 28.5 Å². The summed E-state index contributed by atoms with van der Waals surface area (Å²) in [7, 11) is 17.7. The van der Waals surface area contributed by atoms with Crippen molar-refractivity contribution in [1.29, 1.82) is 0 Å². The standard InChI is InChI=1S/C11H14B3N/c1-5(2)7-8(12)10(6(3)4)15-11(14)9(7)13/h5-6H,1-4H3. The topological polar surface area (TPSA) is 12.9 Å². The van der Waals surface area contributed by atoms with Crippen molar-refractivity contribution in [2.75, 3.05) is 0 Å². The molecule has 0 unspecified atom stereocenters. The summed E-state index contributed by atoms with van der Waals surface area (Å²) in [6, 6.07) is 0. The highest BCUT2D eigenvalue weighted by Crippen LogP contribution is 2.13. The second kappa shape index (κ2) is 4.46. The highest BCUT2D eigenvalue weighted by atomic mass is 14.7. The summed E-state index contributed by atoms with van der Waals surface area (Å²) in [4.78, 5) is 4.24. The van der Waals surface area contributed by atoms with Gasteiger partial charge < -0.3 is 0 Å². The Hall–Kier alpha value is -0.655. The molecule has 1 nitrogen and oxygen atoms in total. The second-order valence-corrected chi connectivity index (χ2v) is 4.43. The fraction of sp³-hybridized carbons (Fsp3) is 0.545. The fourth-order valence-electron chi connectivity index (χ4n) is 1.73. The third-order valence-electron chi connectivity index (χ3n) is 2.50. The molecule has 1 aromatic heterocycles. The number of nitrogens with zero attached hydrogens (tertiary/aromatic N) is 1. The quantitative estimate of drug-likeness (QED) is 0.587. The van der Waals surface area contributed by atoms with Gasteiger partial charge in [-0.3, -0.25) is 4.98 Å². The van der Waals surface area contributed by atoms with Crippen LogP contribution in [0.4, 0.5) is 0 Å². The summed E-state index contributed by atoms with van der Waals surface area (Å²) in [5.74, 6) is 0.512. The highest BCUT2D eigenvalue weighted by Gasteiger charge is 2.14. The lowest BCUT2D eigenvalue weighted by molar-refractivity contribution is 0.820. The van der Waals surface area contributed by atoms with E-state index < -0.39 is 0 Å². The van der Waals surface area contributed by atoms with Crippen LogP contribution in [0.15, 0.2) is 0 Å². The summed E-state index contributed by atoms with van der Waals surface area (Å²) >= 11 is 0. The Bertz CT molecular complexity index is 373. The maximum atomic E-state index is 6.06. The van der Waals surface area contributed by atoms with Gasteiger partial charge in [0, 0.05) is 5.69 Å². The smallest absolute Gasteiger partial charge is 0.140 e. The predicted octanol–water partition coefficient (Wildman–Crippen LogP) is -0.290. The van der Waals surface area contributed by atoms with Crippen LogP contribution in [0.1, 0.15) is 50.8 Å². The zero-order valence-corrected chi connectivity index (χ0v) is 9.83. The van der Waals surface area contributed by atoms with E-state index in [1.807, 2.05) is 27.7 Å². The Balaban J connectivity index is 3.49. The lowest BCUT2D eigenvalue weighted by atomic mass is 9.71. The second-order valence-electron chi connectivity index (χ2n) is 4.43. The van der Waals surface area contributed by atoms with Gasteiger partial charge in [-0.15, -0.1) is 0 Å². The first-order chi connectivity index (χ1) is 6.86. The van der Waals surface area contributed by atoms with Gasteiger partial charge in [0.25, 0.3) is 0 Å². The van der Waals surface area contributed by atoms with Crippen LogP contribution in [0.2, 0.25) is 0 Å². The molecule has 6 radical (unpaired) electrons. The maximum absolute atomic E-state index is 6.06. The van der Waals surface area contributed by atoms with Gasteiger partial charge in [-0.2, -0.15) is 0 Å². The van der Waals surface area contributed by atoms with E-state index in [4.69, 9.17) is 23.5 Å². The number of hydrogen-bond acceptors (Lipinski definition) is 1. The van der Waals surface area contributed by atoms with Gasteiger partial charge in [-0.05, 0) is 17.4 Å². The summed E-state index contributed by atoms with van der Waals surface area (Å²) in [5, 5.41) is 0. The molecule has 72 valence electrons.